The lowest BCUT2D eigenvalue weighted by molar-refractivity contribution is -0.142. The summed E-state index contributed by atoms with van der Waals surface area (Å²) in [6, 6.07) is 0. The quantitative estimate of drug-likeness (QED) is 0.604. The normalized spacial score (nSPS) is 23.3. The molecule has 1 heterocycles. The van der Waals surface area contributed by atoms with E-state index in [0.717, 1.165) is 0 Å². The van der Waals surface area contributed by atoms with Crippen molar-refractivity contribution in [1.29, 1.82) is 0 Å². The van der Waals surface area contributed by atoms with E-state index in [4.69, 9.17) is 5.11 Å². The predicted molar refractivity (Wildman–Crippen MR) is 35.9 cm³/mol. The van der Waals surface area contributed by atoms with Crippen molar-refractivity contribution in [3.8, 4) is 0 Å². The average molecular weight is 158 g/mol. The molecule has 1 N–H and O–H groups in total. The lowest BCUT2D eigenvalue weighted by Gasteiger charge is -2.00. The Morgan fingerprint density at radius 3 is 2.91 bits per heavy atom. The van der Waals surface area contributed by atoms with Gasteiger partial charge in [-0.15, -0.1) is 0 Å². The van der Waals surface area contributed by atoms with E-state index < -0.39 is 5.97 Å². The fourth-order valence-corrected chi connectivity index (χ4v) is 1.10. The molecule has 1 aliphatic heterocycles. The molecular weight excluding hydrogens is 148 g/mol. The second kappa shape index (κ2) is 3.37. The molecule has 62 valence electrons. The number of carbonyl (C=O) groups is 2. The number of carboxylic acid groups (broad SMARTS) is 1. The lowest BCUT2D eigenvalue weighted by Crippen LogP contribution is -2.09. The first kappa shape index (κ1) is 8.04. The topological polar surface area (TPSA) is 63.6 Å². The summed E-state index contributed by atoms with van der Waals surface area (Å²) in [6.45, 7) is 0.448. The van der Waals surface area contributed by atoms with Crippen molar-refractivity contribution in [2.75, 3.05) is 6.61 Å². The monoisotopic (exact) mass is 158 g/mol. The van der Waals surface area contributed by atoms with Crippen molar-refractivity contribution >= 4 is 11.9 Å². The van der Waals surface area contributed by atoms with Gasteiger partial charge in [0.1, 0.15) is 0 Å². The number of ether oxygens (including phenoxy) is 1. The van der Waals surface area contributed by atoms with Crippen LogP contribution < -0.4 is 0 Å². The van der Waals surface area contributed by atoms with E-state index in [1.54, 1.807) is 0 Å². The van der Waals surface area contributed by atoms with E-state index in [1.807, 2.05) is 0 Å². The molecule has 0 aliphatic carbocycles. The molecule has 1 rings (SSSR count). The Hall–Kier alpha value is -1.06. The molecule has 1 atom stereocenters. The molecule has 4 heteroatoms. The van der Waals surface area contributed by atoms with Crippen molar-refractivity contribution in [2.45, 2.75) is 19.3 Å². The number of carboxylic acids is 1. The molecule has 1 aliphatic rings. The summed E-state index contributed by atoms with van der Waals surface area (Å²) in [7, 11) is 0. The van der Waals surface area contributed by atoms with Gasteiger partial charge in [0.25, 0.3) is 0 Å². The predicted octanol–water partition coefficient (Wildman–Crippen LogP) is 0.414. The van der Waals surface area contributed by atoms with E-state index in [0.29, 0.717) is 19.4 Å². The largest absolute Gasteiger partial charge is 0.481 e. The Morgan fingerprint density at radius 2 is 2.45 bits per heavy atom. The third-order valence-corrected chi connectivity index (χ3v) is 1.75. The van der Waals surface area contributed by atoms with E-state index >= 15 is 0 Å². The van der Waals surface area contributed by atoms with E-state index in [9.17, 15) is 9.59 Å². The van der Waals surface area contributed by atoms with Crippen LogP contribution in [0, 0.1) is 5.92 Å². The van der Waals surface area contributed by atoms with Gasteiger partial charge < -0.3 is 9.84 Å². The molecule has 0 saturated carbocycles. The highest BCUT2D eigenvalue weighted by molar-refractivity contribution is 5.75. The number of cyclic esters (lactones) is 1. The number of hydrogen-bond acceptors (Lipinski definition) is 3. The highest BCUT2D eigenvalue weighted by atomic mass is 16.5. The van der Waals surface area contributed by atoms with Gasteiger partial charge in [-0.05, 0) is 12.8 Å². The Morgan fingerprint density at radius 1 is 1.73 bits per heavy atom. The Kier molecular flexibility index (Phi) is 2.46. The smallest absolute Gasteiger partial charge is 0.309 e. The first-order chi connectivity index (χ1) is 5.20. The summed E-state index contributed by atoms with van der Waals surface area (Å²) < 4.78 is 4.67. The molecule has 1 fully saturated rings. The second-order valence-corrected chi connectivity index (χ2v) is 2.59. The fourth-order valence-electron chi connectivity index (χ4n) is 1.10. The van der Waals surface area contributed by atoms with Gasteiger partial charge in [-0.1, -0.05) is 0 Å². The maximum atomic E-state index is 10.8. The minimum absolute atomic E-state index is 0.0553. The number of aliphatic carboxylic acids is 1. The van der Waals surface area contributed by atoms with Crippen molar-refractivity contribution in [2.24, 2.45) is 5.92 Å². The van der Waals surface area contributed by atoms with Crippen LogP contribution in [-0.4, -0.2) is 23.7 Å². The van der Waals surface area contributed by atoms with Crippen molar-refractivity contribution in [3.05, 3.63) is 0 Å². The highest BCUT2D eigenvalue weighted by Crippen LogP contribution is 2.19. The van der Waals surface area contributed by atoms with Crippen LogP contribution in [0.5, 0.6) is 0 Å². The molecule has 1 unspecified atom stereocenters. The van der Waals surface area contributed by atoms with Crippen molar-refractivity contribution < 1.29 is 19.4 Å². The third-order valence-electron chi connectivity index (χ3n) is 1.75. The van der Waals surface area contributed by atoms with Gasteiger partial charge in [-0.2, -0.15) is 0 Å². The number of hydrogen-bond donors (Lipinski definition) is 1. The third kappa shape index (κ3) is 2.22. The SMILES string of the molecule is O=C(O)CCC1CCOC1=O. The first-order valence-corrected chi connectivity index (χ1v) is 3.58. The van der Waals surface area contributed by atoms with Gasteiger partial charge in [-0.3, -0.25) is 9.59 Å². The average Bonchev–Trinajstić information content (AvgIpc) is 2.31. The van der Waals surface area contributed by atoms with Crippen LogP contribution in [0.3, 0.4) is 0 Å². The number of carbonyl (C=O) groups excluding carboxylic acids is 1. The zero-order valence-corrected chi connectivity index (χ0v) is 6.08. The van der Waals surface area contributed by atoms with E-state index in [1.165, 1.54) is 0 Å². The van der Waals surface area contributed by atoms with Gasteiger partial charge in [-0.25, -0.2) is 0 Å². The molecule has 0 aromatic heterocycles. The van der Waals surface area contributed by atoms with Crippen LogP contribution in [0.15, 0.2) is 0 Å². The summed E-state index contributed by atoms with van der Waals surface area (Å²) >= 11 is 0. The fraction of sp³-hybridized carbons (Fsp3) is 0.714. The van der Waals surface area contributed by atoms with Gasteiger partial charge in [0, 0.05) is 6.42 Å². The Balaban J connectivity index is 2.26. The summed E-state index contributed by atoms with van der Waals surface area (Å²) in [6.07, 6.45) is 1.14. The summed E-state index contributed by atoms with van der Waals surface area (Å²) in [5, 5.41) is 8.31. The van der Waals surface area contributed by atoms with Crippen LogP contribution in [0.4, 0.5) is 0 Å². The van der Waals surface area contributed by atoms with E-state index in [2.05, 4.69) is 4.74 Å². The zero-order valence-electron chi connectivity index (χ0n) is 6.08. The molecule has 0 aromatic carbocycles. The van der Waals surface area contributed by atoms with E-state index in [-0.39, 0.29) is 18.3 Å². The van der Waals surface area contributed by atoms with Crippen molar-refractivity contribution in [3.63, 3.8) is 0 Å². The van der Waals surface area contributed by atoms with Crippen LogP contribution in [0.1, 0.15) is 19.3 Å². The van der Waals surface area contributed by atoms with Gasteiger partial charge >= 0.3 is 11.9 Å². The zero-order chi connectivity index (χ0) is 8.27. The standard InChI is InChI=1S/C7H10O4/c8-6(9)2-1-5-3-4-11-7(5)10/h5H,1-4H2,(H,8,9). The molecule has 0 radical (unpaired) electrons. The minimum atomic E-state index is -0.857. The summed E-state index contributed by atoms with van der Waals surface area (Å²) in [5.74, 6) is -1.28. The molecular formula is C7H10O4. The second-order valence-electron chi connectivity index (χ2n) is 2.59. The van der Waals surface area contributed by atoms with Gasteiger partial charge in [0.2, 0.25) is 0 Å². The molecule has 1 saturated heterocycles. The Labute approximate surface area is 64.2 Å². The summed E-state index contributed by atoms with van der Waals surface area (Å²) in [4.78, 5) is 20.9. The Bertz CT molecular complexity index is 175. The van der Waals surface area contributed by atoms with Gasteiger partial charge in [0.05, 0.1) is 12.5 Å². The minimum Gasteiger partial charge on any atom is -0.481 e. The molecule has 0 bridgehead atoms. The molecule has 4 nitrogen and oxygen atoms in total. The maximum Gasteiger partial charge on any atom is 0.309 e. The van der Waals surface area contributed by atoms with Crippen LogP contribution in [0.25, 0.3) is 0 Å². The van der Waals surface area contributed by atoms with Crippen LogP contribution in [-0.2, 0) is 14.3 Å². The van der Waals surface area contributed by atoms with Crippen molar-refractivity contribution in [1.82, 2.24) is 0 Å². The highest BCUT2D eigenvalue weighted by Gasteiger charge is 2.26. The number of rotatable bonds is 3. The lowest BCUT2D eigenvalue weighted by atomic mass is 10.0. The molecule has 0 aromatic rings. The summed E-state index contributed by atoms with van der Waals surface area (Å²) in [5.41, 5.74) is 0. The molecule has 11 heavy (non-hydrogen) atoms. The van der Waals surface area contributed by atoms with Crippen LogP contribution in [0.2, 0.25) is 0 Å². The first-order valence-electron chi connectivity index (χ1n) is 3.58. The van der Waals surface area contributed by atoms with Crippen LogP contribution >= 0.6 is 0 Å². The number of esters is 1. The molecule has 0 spiro atoms. The molecule has 0 amide bonds. The maximum absolute atomic E-state index is 10.8. The van der Waals surface area contributed by atoms with Gasteiger partial charge in [0.15, 0.2) is 0 Å².